The minimum atomic E-state index is -0.471. The first-order valence-electron chi connectivity index (χ1n) is 5.11. The zero-order valence-electron chi connectivity index (χ0n) is 8.77. The van der Waals surface area contributed by atoms with E-state index in [1.54, 1.807) is 11.3 Å². The van der Waals surface area contributed by atoms with Crippen molar-refractivity contribution in [1.82, 2.24) is 0 Å². The van der Waals surface area contributed by atoms with Crippen molar-refractivity contribution in [3.63, 3.8) is 0 Å². The van der Waals surface area contributed by atoms with Gasteiger partial charge in [0, 0.05) is 6.61 Å². The van der Waals surface area contributed by atoms with Crippen molar-refractivity contribution in [2.45, 2.75) is 38.9 Å². The van der Waals surface area contributed by atoms with Crippen LogP contribution in [0, 0.1) is 0 Å². The SMILES string of the molecule is CCCC(OCC)C(O)c1ccsc1. The fourth-order valence-electron chi connectivity index (χ4n) is 1.49. The summed E-state index contributed by atoms with van der Waals surface area (Å²) in [6, 6.07) is 1.96. The Morgan fingerprint density at radius 1 is 1.50 bits per heavy atom. The molecule has 0 saturated heterocycles. The Labute approximate surface area is 89.5 Å². The van der Waals surface area contributed by atoms with Crippen molar-refractivity contribution < 1.29 is 9.84 Å². The molecule has 0 bridgehead atoms. The smallest absolute Gasteiger partial charge is 0.106 e. The third kappa shape index (κ3) is 3.08. The van der Waals surface area contributed by atoms with Crippen molar-refractivity contribution in [3.8, 4) is 0 Å². The molecule has 80 valence electrons. The summed E-state index contributed by atoms with van der Waals surface area (Å²) in [4.78, 5) is 0. The second-order valence-corrected chi connectivity index (χ2v) is 4.06. The fourth-order valence-corrected chi connectivity index (χ4v) is 2.18. The van der Waals surface area contributed by atoms with Gasteiger partial charge in [0.15, 0.2) is 0 Å². The van der Waals surface area contributed by atoms with Crippen LogP contribution in [0.5, 0.6) is 0 Å². The lowest BCUT2D eigenvalue weighted by Gasteiger charge is -2.21. The summed E-state index contributed by atoms with van der Waals surface area (Å²) in [7, 11) is 0. The van der Waals surface area contributed by atoms with Crippen LogP contribution in [-0.2, 0) is 4.74 Å². The predicted molar refractivity (Wildman–Crippen MR) is 59.6 cm³/mol. The van der Waals surface area contributed by atoms with Gasteiger partial charge in [0.1, 0.15) is 6.10 Å². The molecule has 0 amide bonds. The Morgan fingerprint density at radius 3 is 2.79 bits per heavy atom. The van der Waals surface area contributed by atoms with Crippen molar-refractivity contribution in [1.29, 1.82) is 0 Å². The highest BCUT2D eigenvalue weighted by Gasteiger charge is 2.20. The molecule has 0 spiro atoms. The van der Waals surface area contributed by atoms with Crippen LogP contribution in [0.3, 0.4) is 0 Å². The average molecular weight is 214 g/mol. The van der Waals surface area contributed by atoms with Crippen LogP contribution >= 0.6 is 11.3 Å². The molecule has 1 aromatic heterocycles. The minimum Gasteiger partial charge on any atom is -0.386 e. The van der Waals surface area contributed by atoms with Gasteiger partial charge in [-0.15, -0.1) is 0 Å². The maximum absolute atomic E-state index is 10.0. The first kappa shape index (κ1) is 11.7. The lowest BCUT2D eigenvalue weighted by Crippen LogP contribution is -2.21. The van der Waals surface area contributed by atoms with Gasteiger partial charge >= 0.3 is 0 Å². The first-order valence-corrected chi connectivity index (χ1v) is 6.05. The topological polar surface area (TPSA) is 29.5 Å². The maximum Gasteiger partial charge on any atom is 0.106 e. The molecule has 0 aromatic carbocycles. The van der Waals surface area contributed by atoms with Crippen LogP contribution in [0.4, 0.5) is 0 Å². The highest BCUT2D eigenvalue weighted by atomic mass is 32.1. The van der Waals surface area contributed by atoms with Crippen molar-refractivity contribution in [3.05, 3.63) is 22.4 Å². The summed E-state index contributed by atoms with van der Waals surface area (Å²) >= 11 is 1.61. The van der Waals surface area contributed by atoms with Crippen LogP contribution in [0.2, 0.25) is 0 Å². The van der Waals surface area contributed by atoms with E-state index in [9.17, 15) is 5.11 Å². The fraction of sp³-hybridized carbons (Fsp3) is 0.636. The number of hydrogen-bond acceptors (Lipinski definition) is 3. The Bertz CT molecular complexity index is 227. The monoisotopic (exact) mass is 214 g/mol. The zero-order chi connectivity index (χ0) is 10.4. The van der Waals surface area contributed by atoms with Crippen LogP contribution in [0.15, 0.2) is 16.8 Å². The normalized spacial score (nSPS) is 15.4. The van der Waals surface area contributed by atoms with Gasteiger partial charge in [0.05, 0.1) is 6.10 Å². The third-order valence-electron chi connectivity index (χ3n) is 2.19. The molecular formula is C11H18O2S. The standard InChI is InChI=1S/C11H18O2S/c1-3-5-10(13-4-2)11(12)9-6-7-14-8-9/h6-8,10-12H,3-5H2,1-2H3. The van der Waals surface area contributed by atoms with E-state index in [0.29, 0.717) is 6.61 Å². The van der Waals surface area contributed by atoms with Gasteiger partial charge in [0.2, 0.25) is 0 Å². The molecule has 2 unspecified atom stereocenters. The van der Waals surface area contributed by atoms with Crippen molar-refractivity contribution in [2.24, 2.45) is 0 Å². The largest absolute Gasteiger partial charge is 0.386 e. The molecule has 0 radical (unpaired) electrons. The van der Waals surface area contributed by atoms with Crippen LogP contribution in [0.25, 0.3) is 0 Å². The second-order valence-electron chi connectivity index (χ2n) is 3.28. The molecule has 1 rings (SSSR count). The summed E-state index contributed by atoms with van der Waals surface area (Å²) in [5.74, 6) is 0. The number of hydrogen-bond donors (Lipinski definition) is 1. The third-order valence-corrected chi connectivity index (χ3v) is 2.89. The molecule has 0 aliphatic heterocycles. The molecule has 0 aliphatic carbocycles. The van der Waals surface area contributed by atoms with E-state index in [2.05, 4.69) is 6.92 Å². The van der Waals surface area contributed by atoms with E-state index in [4.69, 9.17) is 4.74 Å². The molecule has 14 heavy (non-hydrogen) atoms. The van der Waals surface area contributed by atoms with E-state index in [1.165, 1.54) is 0 Å². The molecule has 1 heterocycles. The minimum absolute atomic E-state index is 0.0559. The van der Waals surface area contributed by atoms with Crippen LogP contribution < -0.4 is 0 Å². The maximum atomic E-state index is 10.0. The van der Waals surface area contributed by atoms with Gasteiger partial charge < -0.3 is 9.84 Å². The Kier molecular flexibility index (Phi) is 5.15. The Balaban J connectivity index is 2.58. The highest BCUT2D eigenvalue weighted by Crippen LogP contribution is 2.24. The van der Waals surface area contributed by atoms with Gasteiger partial charge in [-0.05, 0) is 35.7 Å². The highest BCUT2D eigenvalue weighted by molar-refractivity contribution is 7.07. The molecule has 0 aliphatic rings. The first-order chi connectivity index (χ1) is 6.79. The molecule has 1 aromatic rings. The quantitative estimate of drug-likeness (QED) is 0.789. The molecule has 2 atom stereocenters. The lowest BCUT2D eigenvalue weighted by molar-refractivity contribution is -0.0383. The summed E-state index contributed by atoms with van der Waals surface area (Å²) in [5.41, 5.74) is 0.974. The summed E-state index contributed by atoms with van der Waals surface area (Å²) < 4.78 is 5.52. The van der Waals surface area contributed by atoms with Crippen molar-refractivity contribution in [2.75, 3.05) is 6.61 Å². The number of thiophene rings is 1. The number of aliphatic hydroxyl groups is 1. The van der Waals surface area contributed by atoms with E-state index in [0.717, 1.165) is 18.4 Å². The summed E-state index contributed by atoms with van der Waals surface area (Å²) in [6.07, 6.45) is 1.41. The van der Waals surface area contributed by atoms with Crippen LogP contribution in [0.1, 0.15) is 38.4 Å². The van der Waals surface area contributed by atoms with Gasteiger partial charge in [0.25, 0.3) is 0 Å². The number of aliphatic hydroxyl groups excluding tert-OH is 1. The summed E-state index contributed by atoms with van der Waals surface area (Å²) in [6.45, 7) is 4.72. The number of rotatable bonds is 6. The molecule has 3 heteroatoms. The predicted octanol–water partition coefficient (Wildman–Crippen LogP) is 2.99. The zero-order valence-corrected chi connectivity index (χ0v) is 9.59. The summed E-state index contributed by atoms with van der Waals surface area (Å²) in [5, 5.41) is 14.0. The van der Waals surface area contributed by atoms with Gasteiger partial charge in [-0.3, -0.25) is 0 Å². The molecule has 0 fully saturated rings. The van der Waals surface area contributed by atoms with Gasteiger partial charge in [-0.2, -0.15) is 11.3 Å². The van der Waals surface area contributed by atoms with E-state index in [-0.39, 0.29) is 6.10 Å². The van der Waals surface area contributed by atoms with Gasteiger partial charge in [-0.25, -0.2) is 0 Å². The number of ether oxygens (including phenoxy) is 1. The van der Waals surface area contributed by atoms with Crippen molar-refractivity contribution >= 4 is 11.3 Å². The van der Waals surface area contributed by atoms with Gasteiger partial charge in [-0.1, -0.05) is 13.3 Å². The molecule has 1 N–H and O–H groups in total. The van der Waals surface area contributed by atoms with E-state index < -0.39 is 6.10 Å². The Morgan fingerprint density at radius 2 is 2.29 bits per heavy atom. The molecule has 2 nitrogen and oxygen atoms in total. The van der Waals surface area contributed by atoms with E-state index in [1.807, 2.05) is 23.8 Å². The molecular weight excluding hydrogens is 196 g/mol. The van der Waals surface area contributed by atoms with E-state index >= 15 is 0 Å². The lowest BCUT2D eigenvalue weighted by atomic mass is 10.0. The second kappa shape index (κ2) is 6.17. The Hall–Kier alpha value is -0.380. The van der Waals surface area contributed by atoms with Crippen LogP contribution in [-0.4, -0.2) is 17.8 Å². The molecule has 0 saturated carbocycles. The average Bonchev–Trinajstić information content (AvgIpc) is 2.69.